The van der Waals surface area contributed by atoms with Crippen molar-refractivity contribution in [1.82, 2.24) is 5.43 Å². The number of rotatable bonds is 4. The lowest BCUT2D eigenvalue weighted by Gasteiger charge is -2.25. The van der Waals surface area contributed by atoms with Gasteiger partial charge in [-0.2, -0.15) is 0 Å². The van der Waals surface area contributed by atoms with Gasteiger partial charge >= 0.3 is 0 Å². The zero-order valence-corrected chi connectivity index (χ0v) is 10.9. The van der Waals surface area contributed by atoms with Gasteiger partial charge in [0.25, 0.3) is 0 Å². The molecule has 0 radical (unpaired) electrons. The van der Waals surface area contributed by atoms with Gasteiger partial charge in [-0.25, -0.2) is 4.39 Å². The summed E-state index contributed by atoms with van der Waals surface area (Å²) in [5, 5.41) is 0. The van der Waals surface area contributed by atoms with Crippen LogP contribution in [0.25, 0.3) is 0 Å². The van der Waals surface area contributed by atoms with Gasteiger partial charge in [0.2, 0.25) is 0 Å². The predicted molar refractivity (Wildman–Crippen MR) is 69.5 cm³/mol. The molecule has 1 aliphatic rings. The van der Waals surface area contributed by atoms with Crippen molar-refractivity contribution >= 4 is 0 Å². The lowest BCUT2D eigenvalue weighted by Crippen LogP contribution is -2.44. The van der Waals surface area contributed by atoms with Crippen LogP contribution in [-0.2, 0) is 11.2 Å². The van der Waals surface area contributed by atoms with Crippen LogP contribution in [0.15, 0.2) is 18.2 Å². The SMILES string of the molecule is Cc1ccc(F)cc1CC(NN)C1CCOC1C. The summed E-state index contributed by atoms with van der Waals surface area (Å²) < 4.78 is 18.8. The predicted octanol–water partition coefficient (Wildman–Crippen LogP) is 1.93. The third kappa shape index (κ3) is 2.88. The maximum atomic E-state index is 13.3. The van der Waals surface area contributed by atoms with E-state index in [1.165, 1.54) is 6.07 Å². The Morgan fingerprint density at radius 3 is 2.94 bits per heavy atom. The standard InChI is InChI=1S/C14H21FN2O/c1-9-3-4-12(15)7-11(9)8-14(17-16)13-5-6-18-10(13)2/h3-4,7,10,13-14,17H,5-6,8,16H2,1-2H3. The van der Waals surface area contributed by atoms with Crippen LogP contribution >= 0.6 is 0 Å². The molecule has 0 spiro atoms. The Bertz CT molecular complexity index is 411. The summed E-state index contributed by atoms with van der Waals surface area (Å²) in [6.45, 7) is 4.85. The molecule has 3 nitrogen and oxygen atoms in total. The zero-order chi connectivity index (χ0) is 13.1. The van der Waals surface area contributed by atoms with Crippen LogP contribution < -0.4 is 11.3 Å². The lowest BCUT2D eigenvalue weighted by atomic mass is 9.88. The van der Waals surface area contributed by atoms with E-state index in [0.717, 1.165) is 30.6 Å². The first-order valence-electron chi connectivity index (χ1n) is 6.44. The molecule has 1 fully saturated rings. The van der Waals surface area contributed by atoms with Crippen molar-refractivity contribution in [2.24, 2.45) is 11.8 Å². The molecule has 2 rings (SSSR count). The van der Waals surface area contributed by atoms with Crippen LogP contribution in [0, 0.1) is 18.7 Å². The quantitative estimate of drug-likeness (QED) is 0.636. The van der Waals surface area contributed by atoms with Crippen molar-refractivity contribution in [3.05, 3.63) is 35.1 Å². The summed E-state index contributed by atoms with van der Waals surface area (Å²) in [6, 6.07) is 5.03. The number of aryl methyl sites for hydroxylation is 1. The number of ether oxygens (including phenoxy) is 1. The van der Waals surface area contributed by atoms with Crippen molar-refractivity contribution in [2.45, 2.75) is 38.8 Å². The van der Waals surface area contributed by atoms with Gasteiger partial charge in [-0.1, -0.05) is 6.07 Å². The second-order valence-electron chi connectivity index (χ2n) is 5.08. The van der Waals surface area contributed by atoms with Crippen LogP contribution in [0.4, 0.5) is 4.39 Å². The molecule has 0 amide bonds. The van der Waals surface area contributed by atoms with Gasteiger partial charge in [0.15, 0.2) is 0 Å². The molecule has 0 saturated carbocycles. The number of hydrogen-bond acceptors (Lipinski definition) is 3. The summed E-state index contributed by atoms with van der Waals surface area (Å²) in [6.07, 6.45) is 1.95. The zero-order valence-electron chi connectivity index (χ0n) is 10.9. The molecule has 1 saturated heterocycles. The van der Waals surface area contributed by atoms with Gasteiger partial charge in [0, 0.05) is 18.6 Å². The van der Waals surface area contributed by atoms with Crippen LogP contribution in [0.5, 0.6) is 0 Å². The highest BCUT2D eigenvalue weighted by Gasteiger charge is 2.31. The Balaban J connectivity index is 2.12. The highest BCUT2D eigenvalue weighted by atomic mass is 19.1. The number of halogens is 1. The van der Waals surface area contributed by atoms with E-state index in [9.17, 15) is 4.39 Å². The highest BCUT2D eigenvalue weighted by Crippen LogP contribution is 2.26. The van der Waals surface area contributed by atoms with E-state index in [2.05, 4.69) is 12.3 Å². The fourth-order valence-corrected chi connectivity index (χ4v) is 2.71. The number of hydrazine groups is 1. The van der Waals surface area contributed by atoms with Crippen molar-refractivity contribution in [1.29, 1.82) is 0 Å². The second-order valence-corrected chi connectivity index (χ2v) is 5.08. The van der Waals surface area contributed by atoms with E-state index < -0.39 is 0 Å². The fourth-order valence-electron chi connectivity index (χ4n) is 2.71. The van der Waals surface area contributed by atoms with Gasteiger partial charge in [-0.3, -0.25) is 11.3 Å². The van der Waals surface area contributed by atoms with Crippen LogP contribution in [0.2, 0.25) is 0 Å². The van der Waals surface area contributed by atoms with Crippen molar-refractivity contribution in [2.75, 3.05) is 6.61 Å². The minimum absolute atomic E-state index is 0.128. The summed E-state index contributed by atoms with van der Waals surface area (Å²) >= 11 is 0. The molecular weight excluding hydrogens is 231 g/mol. The van der Waals surface area contributed by atoms with E-state index in [1.54, 1.807) is 6.07 Å². The third-order valence-electron chi connectivity index (χ3n) is 3.92. The van der Waals surface area contributed by atoms with E-state index >= 15 is 0 Å². The lowest BCUT2D eigenvalue weighted by molar-refractivity contribution is 0.0954. The first-order chi connectivity index (χ1) is 8.61. The minimum atomic E-state index is -0.193. The normalized spacial score (nSPS) is 25.3. The van der Waals surface area contributed by atoms with Gasteiger partial charge in [-0.15, -0.1) is 0 Å². The van der Waals surface area contributed by atoms with Gasteiger partial charge in [0.05, 0.1) is 6.10 Å². The molecule has 0 bridgehead atoms. The Morgan fingerprint density at radius 1 is 1.56 bits per heavy atom. The summed E-state index contributed by atoms with van der Waals surface area (Å²) in [4.78, 5) is 0. The Kier molecular flexibility index (Phi) is 4.32. The first kappa shape index (κ1) is 13.5. The summed E-state index contributed by atoms with van der Waals surface area (Å²) in [5.74, 6) is 5.85. The van der Waals surface area contributed by atoms with Gasteiger partial charge in [0.1, 0.15) is 5.82 Å². The Hall–Kier alpha value is -0.970. The van der Waals surface area contributed by atoms with E-state index in [4.69, 9.17) is 10.6 Å². The molecule has 3 unspecified atom stereocenters. The molecule has 4 heteroatoms. The second kappa shape index (κ2) is 5.78. The third-order valence-corrected chi connectivity index (χ3v) is 3.92. The Labute approximate surface area is 107 Å². The van der Waals surface area contributed by atoms with E-state index in [0.29, 0.717) is 5.92 Å². The molecular formula is C14H21FN2O. The van der Waals surface area contributed by atoms with E-state index in [-0.39, 0.29) is 18.0 Å². The average Bonchev–Trinajstić information content (AvgIpc) is 2.77. The van der Waals surface area contributed by atoms with Crippen LogP contribution in [0.3, 0.4) is 0 Å². The van der Waals surface area contributed by atoms with E-state index in [1.807, 2.05) is 13.0 Å². The maximum absolute atomic E-state index is 13.3. The molecule has 100 valence electrons. The number of benzene rings is 1. The molecule has 3 atom stereocenters. The monoisotopic (exact) mass is 252 g/mol. The van der Waals surface area contributed by atoms with Crippen LogP contribution in [-0.4, -0.2) is 18.8 Å². The molecule has 3 N–H and O–H groups in total. The largest absolute Gasteiger partial charge is 0.378 e. The van der Waals surface area contributed by atoms with Crippen molar-refractivity contribution in [3.8, 4) is 0 Å². The molecule has 0 aliphatic carbocycles. The number of hydrogen-bond donors (Lipinski definition) is 2. The average molecular weight is 252 g/mol. The fraction of sp³-hybridized carbons (Fsp3) is 0.571. The van der Waals surface area contributed by atoms with Gasteiger partial charge < -0.3 is 4.74 Å². The highest BCUT2D eigenvalue weighted by molar-refractivity contribution is 5.27. The first-order valence-corrected chi connectivity index (χ1v) is 6.44. The summed E-state index contributed by atoms with van der Waals surface area (Å²) in [5.41, 5.74) is 4.98. The topological polar surface area (TPSA) is 47.3 Å². The molecule has 18 heavy (non-hydrogen) atoms. The number of nitrogens with one attached hydrogen (secondary N) is 1. The van der Waals surface area contributed by atoms with Gasteiger partial charge in [-0.05, 0) is 49.9 Å². The van der Waals surface area contributed by atoms with Crippen molar-refractivity contribution in [3.63, 3.8) is 0 Å². The molecule has 1 heterocycles. The molecule has 1 aromatic rings. The maximum Gasteiger partial charge on any atom is 0.123 e. The smallest absolute Gasteiger partial charge is 0.123 e. The minimum Gasteiger partial charge on any atom is -0.378 e. The molecule has 1 aromatic carbocycles. The Morgan fingerprint density at radius 2 is 2.33 bits per heavy atom. The van der Waals surface area contributed by atoms with Crippen LogP contribution in [0.1, 0.15) is 24.5 Å². The van der Waals surface area contributed by atoms with Crippen molar-refractivity contribution < 1.29 is 9.13 Å². The summed E-state index contributed by atoms with van der Waals surface area (Å²) in [7, 11) is 0. The number of nitrogens with two attached hydrogens (primary N) is 1. The molecule has 0 aromatic heterocycles. The molecule has 1 aliphatic heterocycles.